The summed E-state index contributed by atoms with van der Waals surface area (Å²) in [6, 6.07) is 19.1. The first-order valence-electron chi connectivity index (χ1n) is 11.6. The third kappa shape index (κ3) is 6.32. The Balaban J connectivity index is 1.28. The van der Waals surface area contributed by atoms with Crippen LogP contribution in [0.1, 0.15) is 60.6 Å². The smallest absolute Gasteiger partial charge is 0.120 e. The third-order valence-electron chi connectivity index (χ3n) is 6.15. The molecule has 1 aromatic heterocycles. The lowest BCUT2D eigenvalue weighted by Crippen LogP contribution is -2.32. The van der Waals surface area contributed by atoms with E-state index in [-0.39, 0.29) is 0 Å². The molecule has 0 unspecified atom stereocenters. The Morgan fingerprint density at radius 3 is 2.41 bits per heavy atom. The molecule has 4 nitrogen and oxygen atoms in total. The summed E-state index contributed by atoms with van der Waals surface area (Å²) in [6.45, 7) is 6.57. The lowest BCUT2D eigenvalue weighted by Gasteiger charge is -2.32. The van der Waals surface area contributed by atoms with E-state index >= 15 is 0 Å². The van der Waals surface area contributed by atoms with E-state index in [1.54, 1.807) is 13.8 Å². The van der Waals surface area contributed by atoms with Crippen molar-refractivity contribution in [2.24, 2.45) is 0 Å². The molecule has 2 aromatic carbocycles. The Morgan fingerprint density at radius 2 is 1.72 bits per heavy atom. The molecule has 0 amide bonds. The SMILES string of the molecule is CC(C)(O)C#Cc1ccc(CN2CCC(c3[nH]ncc3CCc3ccccc3)CC2)cc1. The summed E-state index contributed by atoms with van der Waals surface area (Å²) in [4.78, 5) is 2.54. The van der Waals surface area contributed by atoms with Crippen LogP contribution in [0.5, 0.6) is 0 Å². The summed E-state index contributed by atoms with van der Waals surface area (Å²) in [7, 11) is 0. The molecule has 1 saturated heterocycles. The van der Waals surface area contributed by atoms with Gasteiger partial charge in [0.1, 0.15) is 5.60 Å². The molecule has 2 heterocycles. The fraction of sp³-hybridized carbons (Fsp3) is 0.393. The second kappa shape index (κ2) is 10.2. The lowest BCUT2D eigenvalue weighted by atomic mass is 9.89. The molecule has 4 heteroatoms. The molecular weight excluding hydrogens is 394 g/mol. The van der Waals surface area contributed by atoms with E-state index in [2.05, 4.69) is 69.4 Å². The van der Waals surface area contributed by atoms with E-state index < -0.39 is 5.60 Å². The first kappa shape index (κ1) is 22.3. The maximum Gasteiger partial charge on any atom is 0.120 e. The van der Waals surface area contributed by atoms with Crippen LogP contribution in [0.3, 0.4) is 0 Å². The highest BCUT2D eigenvalue weighted by atomic mass is 16.3. The summed E-state index contributed by atoms with van der Waals surface area (Å²) >= 11 is 0. The number of piperidine rings is 1. The van der Waals surface area contributed by atoms with Gasteiger partial charge in [-0.1, -0.05) is 54.3 Å². The summed E-state index contributed by atoms with van der Waals surface area (Å²) in [5.41, 5.74) is 5.38. The Morgan fingerprint density at radius 1 is 1.00 bits per heavy atom. The van der Waals surface area contributed by atoms with E-state index in [9.17, 15) is 5.11 Å². The average Bonchev–Trinajstić information content (AvgIpc) is 3.27. The van der Waals surface area contributed by atoms with Gasteiger partial charge >= 0.3 is 0 Å². The van der Waals surface area contributed by atoms with Crippen LogP contribution in [0.15, 0.2) is 60.8 Å². The number of aryl methyl sites for hydroxylation is 2. The summed E-state index contributed by atoms with van der Waals surface area (Å²) < 4.78 is 0. The van der Waals surface area contributed by atoms with Crippen molar-refractivity contribution in [3.63, 3.8) is 0 Å². The number of nitrogens with zero attached hydrogens (tertiary/aromatic N) is 2. The maximum absolute atomic E-state index is 9.75. The Hall–Kier alpha value is -2.87. The second-order valence-corrected chi connectivity index (χ2v) is 9.35. The Bertz CT molecular complexity index is 1040. The van der Waals surface area contributed by atoms with Gasteiger partial charge in [0.15, 0.2) is 0 Å². The lowest BCUT2D eigenvalue weighted by molar-refractivity contribution is 0.143. The second-order valence-electron chi connectivity index (χ2n) is 9.35. The minimum atomic E-state index is -0.959. The maximum atomic E-state index is 9.75. The van der Waals surface area contributed by atoms with E-state index in [4.69, 9.17) is 0 Å². The highest BCUT2D eigenvalue weighted by Crippen LogP contribution is 2.30. The van der Waals surface area contributed by atoms with Crippen LogP contribution >= 0.6 is 0 Å². The molecular formula is C28H33N3O. The number of rotatable bonds is 6. The number of hydrogen-bond acceptors (Lipinski definition) is 3. The van der Waals surface area contributed by atoms with E-state index in [1.807, 2.05) is 18.3 Å². The first-order valence-corrected chi connectivity index (χ1v) is 11.6. The number of benzene rings is 2. The van der Waals surface area contributed by atoms with Gasteiger partial charge in [0.2, 0.25) is 0 Å². The minimum absolute atomic E-state index is 0.569. The van der Waals surface area contributed by atoms with Crippen molar-refractivity contribution in [2.75, 3.05) is 13.1 Å². The molecule has 3 aromatic rings. The van der Waals surface area contributed by atoms with Crippen LogP contribution in [0.2, 0.25) is 0 Å². The molecule has 166 valence electrons. The highest BCUT2D eigenvalue weighted by Gasteiger charge is 2.23. The number of aliphatic hydroxyl groups is 1. The van der Waals surface area contributed by atoms with Gasteiger partial charge in [0, 0.05) is 23.7 Å². The molecule has 4 rings (SSSR count). The van der Waals surface area contributed by atoms with Gasteiger partial charge < -0.3 is 5.11 Å². The summed E-state index contributed by atoms with van der Waals surface area (Å²) in [6.07, 6.45) is 6.44. The fourth-order valence-corrected chi connectivity index (χ4v) is 4.35. The number of nitrogens with one attached hydrogen (secondary N) is 1. The monoisotopic (exact) mass is 427 g/mol. The van der Waals surface area contributed by atoms with Gasteiger partial charge in [-0.2, -0.15) is 5.10 Å². The number of aromatic nitrogens is 2. The van der Waals surface area contributed by atoms with E-state index in [0.29, 0.717) is 5.92 Å². The standard InChI is InChI=1S/C28H33N3O/c1-28(2,32)17-14-23-8-10-24(11-9-23)21-31-18-15-25(16-19-31)27-26(20-29-30-27)13-12-22-6-4-3-5-7-22/h3-11,20,25,32H,12-13,15-16,18-19,21H2,1-2H3,(H,29,30). The van der Waals surface area contributed by atoms with Gasteiger partial charge in [0.25, 0.3) is 0 Å². The molecule has 0 aliphatic carbocycles. The summed E-state index contributed by atoms with van der Waals surface area (Å²) in [5, 5.41) is 17.4. The Labute approximate surface area is 191 Å². The van der Waals surface area contributed by atoms with Crippen molar-refractivity contribution >= 4 is 0 Å². The third-order valence-corrected chi connectivity index (χ3v) is 6.15. The van der Waals surface area contributed by atoms with Crippen molar-refractivity contribution in [1.82, 2.24) is 15.1 Å². The molecule has 2 N–H and O–H groups in total. The first-order chi connectivity index (χ1) is 15.5. The number of hydrogen-bond donors (Lipinski definition) is 2. The zero-order chi connectivity index (χ0) is 22.4. The predicted molar refractivity (Wildman–Crippen MR) is 129 cm³/mol. The van der Waals surface area contributed by atoms with Crippen molar-refractivity contribution in [2.45, 2.75) is 57.6 Å². The van der Waals surface area contributed by atoms with Crippen molar-refractivity contribution in [3.8, 4) is 11.8 Å². The molecule has 0 spiro atoms. The van der Waals surface area contributed by atoms with Gasteiger partial charge in [0.05, 0.1) is 6.20 Å². The molecule has 0 atom stereocenters. The Kier molecular flexibility index (Phi) is 7.09. The molecule has 0 bridgehead atoms. The number of likely N-dealkylation sites (tertiary alicyclic amines) is 1. The predicted octanol–water partition coefficient (Wildman–Crippen LogP) is 4.70. The van der Waals surface area contributed by atoms with Crippen LogP contribution in [-0.2, 0) is 19.4 Å². The topological polar surface area (TPSA) is 52.1 Å². The fourth-order valence-electron chi connectivity index (χ4n) is 4.35. The van der Waals surface area contributed by atoms with Gasteiger partial charge in [-0.15, -0.1) is 0 Å². The molecule has 1 fully saturated rings. The van der Waals surface area contributed by atoms with Crippen molar-refractivity contribution in [3.05, 3.63) is 88.7 Å². The summed E-state index contributed by atoms with van der Waals surface area (Å²) in [5.74, 6) is 6.48. The minimum Gasteiger partial charge on any atom is -0.378 e. The zero-order valence-corrected chi connectivity index (χ0v) is 19.1. The molecule has 0 saturated carbocycles. The molecule has 0 radical (unpaired) electrons. The number of H-pyrrole nitrogens is 1. The van der Waals surface area contributed by atoms with E-state index in [1.165, 1.54) is 22.4 Å². The number of aromatic amines is 1. The normalized spacial score (nSPS) is 15.3. The van der Waals surface area contributed by atoms with Gasteiger partial charge in [-0.05, 0) is 81.4 Å². The van der Waals surface area contributed by atoms with Crippen LogP contribution in [-0.4, -0.2) is 38.9 Å². The van der Waals surface area contributed by atoms with Crippen LogP contribution in [0.25, 0.3) is 0 Å². The van der Waals surface area contributed by atoms with Crippen molar-refractivity contribution < 1.29 is 5.11 Å². The average molecular weight is 428 g/mol. The van der Waals surface area contributed by atoms with E-state index in [0.717, 1.165) is 50.9 Å². The highest BCUT2D eigenvalue weighted by molar-refractivity contribution is 5.37. The zero-order valence-electron chi connectivity index (χ0n) is 19.1. The van der Waals surface area contributed by atoms with Crippen LogP contribution in [0.4, 0.5) is 0 Å². The van der Waals surface area contributed by atoms with Gasteiger partial charge in [-0.3, -0.25) is 10.00 Å². The molecule has 1 aliphatic heterocycles. The van der Waals surface area contributed by atoms with Crippen LogP contribution < -0.4 is 0 Å². The molecule has 32 heavy (non-hydrogen) atoms. The quantitative estimate of drug-likeness (QED) is 0.561. The van der Waals surface area contributed by atoms with Crippen LogP contribution in [0, 0.1) is 11.8 Å². The van der Waals surface area contributed by atoms with Crippen molar-refractivity contribution in [1.29, 1.82) is 0 Å². The molecule has 1 aliphatic rings. The van der Waals surface area contributed by atoms with Gasteiger partial charge in [-0.25, -0.2) is 0 Å². The largest absolute Gasteiger partial charge is 0.378 e.